The molecule has 0 aliphatic carbocycles. The molecule has 20 heavy (non-hydrogen) atoms. The number of hydrogen-bond donors (Lipinski definition) is 1. The Bertz CT molecular complexity index is 619. The molecule has 0 heterocycles. The van der Waals surface area contributed by atoms with Gasteiger partial charge in [0.2, 0.25) is 0 Å². The molecule has 0 aliphatic heterocycles. The molecule has 0 aliphatic rings. The molecular formula is C15H16BrClN2O. The van der Waals surface area contributed by atoms with Crippen molar-refractivity contribution in [3.8, 4) is 5.75 Å². The van der Waals surface area contributed by atoms with Crippen molar-refractivity contribution in [1.82, 2.24) is 0 Å². The van der Waals surface area contributed by atoms with Crippen molar-refractivity contribution in [2.75, 3.05) is 24.8 Å². The second kappa shape index (κ2) is 6.37. The van der Waals surface area contributed by atoms with E-state index in [0.29, 0.717) is 17.3 Å². The van der Waals surface area contributed by atoms with Gasteiger partial charge in [0.05, 0.1) is 18.5 Å². The zero-order chi connectivity index (χ0) is 14.7. The predicted octanol–water partition coefficient (Wildman–Crippen LogP) is 4.33. The maximum atomic E-state index is 6.03. The van der Waals surface area contributed by atoms with E-state index in [9.17, 15) is 0 Å². The van der Waals surface area contributed by atoms with Crippen LogP contribution in [0.3, 0.4) is 0 Å². The summed E-state index contributed by atoms with van der Waals surface area (Å²) in [6.45, 7) is 0.674. The SMILES string of the molecule is COc1ccc(Br)cc1CN(C)c1cc(Cl)ccc1N. The van der Waals surface area contributed by atoms with Gasteiger partial charge in [-0.15, -0.1) is 0 Å². The molecule has 3 nitrogen and oxygen atoms in total. The van der Waals surface area contributed by atoms with Gasteiger partial charge in [-0.3, -0.25) is 0 Å². The van der Waals surface area contributed by atoms with Crippen molar-refractivity contribution in [2.24, 2.45) is 0 Å². The molecule has 2 rings (SSSR count). The molecule has 0 fully saturated rings. The van der Waals surface area contributed by atoms with E-state index < -0.39 is 0 Å². The van der Waals surface area contributed by atoms with Crippen LogP contribution in [0, 0.1) is 0 Å². The monoisotopic (exact) mass is 354 g/mol. The molecule has 2 N–H and O–H groups in total. The fourth-order valence-corrected chi connectivity index (χ4v) is 2.63. The highest BCUT2D eigenvalue weighted by Gasteiger charge is 2.10. The van der Waals surface area contributed by atoms with E-state index in [2.05, 4.69) is 15.9 Å². The van der Waals surface area contributed by atoms with E-state index in [1.807, 2.05) is 42.3 Å². The molecule has 0 radical (unpaired) electrons. The second-order valence-electron chi connectivity index (χ2n) is 4.52. The van der Waals surface area contributed by atoms with Crippen LogP contribution in [-0.2, 0) is 6.54 Å². The quantitative estimate of drug-likeness (QED) is 0.830. The molecule has 2 aromatic rings. The highest BCUT2D eigenvalue weighted by molar-refractivity contribution is 9.10. The number of rotatable bonds is 4. The number of halogens is 2. The zero-order valence-corrected chi connectivity index (χ0v) is 13.7. The van der Waals surface area contributed by atoms with Crippen LogP contribution in [0.5, 0.6) is 5.75 Å². The highest BCUT2D eigenvalue weighted by atomic mass is 79.9. The smallest absolute Gasteiger partial charge is 0.123 e. The van der Waals surface area contributed by atoms with Gasteiger partial charge in [0.1, 0.15) is 5.75 Å². The Kier molecular flexibility index (Phi) is 4.78. The largest absolute Gasteiger partial charge is 0.496 e. The van der Waals surface area contributed by atoms with Crippen molar-refractivity contribution in [1.29, 1.82) is 0 Å². The molecule has 0 saturated carbocycles. The number of ether oxygens (including phenoxy) is 1. The first-order valence-corrected chi connectivity index (χ1v) is 7.27. The second-order valence-corrected chi connectivity index (χ2v) is 5.87. The Balaban J connectivity index is 2.29. The van der Waals surface area contributed by atoms with Crippen LogP contribution in [0.2, 0.25) is 5.02 Å². The molecule has 106 valence electrons. The fourth-order valence-electron chi connectivity index (χ4n) is 2.06. The molecular weight excluding hydrogens is 340 g/mol. The molecule has 5 heteroatoms. The van der Waals surface area contributed by atoms with Gasteiger partial charge in [0, 0.05) is 28.7 Å². The maximum Gasteiger partial charge on any atom is 0.123 e. The summed E-state index contributed by atoms with van der Waals surface area (Å²) in [5.41, 5.74) is 8.68. The Morgan fingerprint density at radius 2 is 2.00 bits per heavy atom. The zero-order valence-electron chi connectivity index (χ0n) is 11.4. The summed E-state index contributed by atoms with van der Waals surface area (Å²) in [5, 5.41) is 0.669. The van der Waals surface area contributed by atoms with Crippen LogP contribution in [0.15, 0.2) is 40.9 Å². The first kappa shape index (κ1) is 15.0. The third-order valence-electron chi connectivity index (χ3n) is 3.05. The average molecular weight is 356 g/mol. The van der Waals surface area contributed by atoms with Gasteiger partial charge in [-0.05, 0) is 36.4 Å². The van der Waals surface area contributed by atoms with Gasteiger partial charge in [0.15, 0.2) is 0 Å². The predicted molar refractivity (Wildman–Crippen MR) is 88.7 cm³/mol. The molecule has 0 aromatic heterocycles. The molecule has 0 unspecified atom stereocenters. The van der Waals surface area contributed by atoms with Crippen molar-refractivity contribution in [3.05, 3.63) is 51.5 Å². The third-order valence-corrected chi connectivity index (χ3v) is 3.78. The van der Waals surface area contributed by atoms with Gasteiger partial charge in [-0.1, -0.05) is 27.5 Å². The van der Waals surface area contributed by atoms with E-state index in [-0.39, 0.29) is 0 Å². The standard InChI is InChI=1S/C15H16BrClN2O/c1-19(14-8-12(17)4-5-13(14)18)9-10-7-11(16)3-6-15(10)20-2/h3-8H,9,18H2,1-2H3. The number of nitrogens with two attached hydrogens (primary N) is 1. The van der Waals surface area contributed by atoms with E-state index in [0.717, 1.165) is 21.5 Å². The van der Waals surface area contributed by atoms with Crippen molar-refractivity contribution < 1.29 is 4.74 Å². The Morgan fingerprint density at radius 3 is 2.70 bits per heavy atom. The minimum Gasteiger partial charge on any atom is -0.496 e. The van der Waals surface area contributed by atoms with E-state index in [1.165, 1.54) is 0 Å². The number of nitrogens with zero attached hydrogens (tertiary/aromatic N) is 1. The lowest BCUT2D eigenvalue weighted by Gasteiger charge is -2.22. The Morgan fingerprint density at radius 1 is 1.25 bits per heavy atom. The Hall–Kier alpha value is -1.39. The summed E-state index contributed by atoms with van der Waals surface area (Å²) in [4.78, 5) is 2.05. The average Bonchev–Trinajstić information content (AvgIpc) is 2.41. The van der Waals surface area contributed by atoms with Gasteiger partial charge in [0.25, 0.3) is 0 Å². The fraction of sp³-hybridized carbons (Fsp3) is 0.200. The van der Waals surface area contributed by atoms with Crippen molar-refractivity contribution in [3.63, 3.8) is 0 Å². The van der Waals surface area contributed by atoms with Gasteiger partial charge < -0.3 is 15.4 Å². The van der Waals surface area contributed by atoms with Crippen LogP contribution in [0.25, 0.3) is 0 Å². The summed E-state index contributed by atoms with van der Waals surface area (Å²) in [5.74, 6) is 0.848. The van der Waals surface area contributed by atoms with Crippen LogP contribution in [0.4, 0.5) is 11.4 Å². The van der Waals surface area contributed by atoms with Crippen LogP contribution in [-0.4, -0.2) is 14.2 Å². The molecule has 0 spiro atoms. The summed E-state index contributed by atoms with van der Waals surface area (Å²) in [7, 11) is 3.64. The van der Waals surface area contributed by atoms with Crippen LogP contribution >= 0.6 is 27.5 Å². The third kappa shape index (κ3) is 3.38. The number of anilines is 2. The van der Waals surface area contributed by atoms with Gasteiger partial charge in [-0.25, -0.2) is 0 Å². The van der Waals surface area contributed by atoms with E-state index >= 15 is 0 Å². The highest BCUT2D eigenvalue weighted by Crippen LogP contribution is 2.30. The van der Waals surface area contributed by atoms with E-state index in [1.54, 1.807) is 13.2 Å². The van der Waals surface area contributed by atoms with Crippen molar-refractivity contribution >= 4 is 38.9 Å². The van der Waals surface area contributed by atoms with Gasteiger partial charge >= 0.3 is 0 Å². The van der Waals surface area contributed by atoms with Crippen LogP contribution in [0.1, 0.15) is 5.56 Å². The minimum absolute atomic E-state index is 0.669. The van der Waals surface area contributed by atoms with Crippen molar-refractivity contribution in [2.45, 2.75) is 6.54 Å². The summed E-state index contributed by atoms with van der Waals surface area (Å²) in [6, 6.07) is 11.4. The lowest BCUT2D eigenvalue weighted by Crippen LogP contribution is -2.18. The summed E-state index contributed by atoms with van der Waals surface area (Å²) in [6.07, 6.45) is 0. The summed E-state index contributed by atoms with van der Waals surface area (Å²) >= 11 is 9.51. The first-order chi connectivity index (χ1) is 9.51. The number of benzene rings is 2. The lowest BCUT2D eigenvalue weighted by molar-refractivity contribution is 0.409. The topological polar surface area (TPSA) is 38.5 Å². The minimum atomic E-state index is 0.669. The number of nitrogen functional groups attached to an aromatic ring is 1. The normalized spacial score (nSPS) is 10.4. The van der Waals surface area contributed by atoms with Crippen LogP contribution < -0.4 is 15.4 Å². The lowest BCUT2D eigenvalue weighted by atomic mass is 10.1. The Labute approximate surface area is 132 Å². The number of methoxy groups -OCH3 is 1. The molecule has 2 aromatic carbocycles. The number of hydrogen-bond acceptors (Lipinski definition) is 3. The van der Waals surface area contributed by atoms with E-state index in [4.69, 9.17) is 22.1 Å². The maximum absolute atomic E-state index is 6.03. The summed E-state index contributed by atoms with van der Waals surface area (Å²) < 4.78 is 6.40. The molecule has 0 atom stereocenters. The molecule has 0 saturated heterocycles. The molecule has 0 amide bonds. The van der Waals surface area contributed by atoms with Gasteiger partial charge in [-0.2, -0.15) is 0 Å². The molecule has 0 bridgehead atoms. The first-order valence-electron chi connectivity index (χ1n) is 6.10.